The minimum absolute atomic E-state index is 0.0436. The van der Waals surface area contributed by atoms with E-state index < -0.39 is 129 Å². The van der Waals surface area contributed by atoms with Crippen LogP contribution in [0.15, 0.2) is 150 Å². The average Bonchev–Trinajstić information content (AvgIpc) is 1.65. The van der Waals surface area contributed by atoms with Gasteiger partial charge in [-0.3, -0.25) is 0 Å². The molecule has 93 heavy (non-hydrogen) atoms. The van der Waals surface area contributed by atoms with Crippen LogP contribution >= 0.6 is 0 Å². The van der Waals surface area contributed by atoms with Gasteiger partial charge < -0.3 is 66.4 Å². The van der Waals surface area contributed by atoms with Crippen LogP contribution in [0.1, 0.15) is 139 Å². The van der Waals surface area contributed by atoms with E-state index in [-0.39, 0.29) is 76.5 Å². The summed E-state index contributed by atoms with van der Waals surface area (Å²) in [6.45, 7) is 27.0. The lowest BCUT2D eigenvalue weighted by Crippen LogP contribution is -2.63. The Morgan fingerprint density at radius 3 is 1.90 bits per heavy atom. The van der Waals surface area contributed by atoms with E-state index in [4.69, 9.17) is 61.3 Å². The predicted octanol–water partition coefficient (Wildman–Crippen LogP) is 12.3. The van der Waals surface area contributed by atoms with Crippen LogP contribution in [0.3, 0.4) is 0 Å². The molecule has 1 N–H and O–H groups in total. The van der Waals surface area contributed by atoms with E-state index in [1.165, 1.54) is 0 Å². The number of aliphatic hydroxyl groups is 1. The van der Waals surface area contributed by atoms with Crippen LogP contribution in [-0.2, 0) is 66.1 Å². The van der Waals surface area contributed by atoms with E-state index >= 15 is 4.79 Å². The second-order valence-corrected chi connectivity index (χ2v) is 32.7. The average molecular weight is 1300 g/mol. The first-order valence-electron chi connectivity index (χ1n) is 33.2. The number of fused-ring (bicyclic) bond motifs is 2. The normalized spacial score (nSPS) is 37.5. The third kappa shape index (κ3) is 15.3. The van der Waals surface area contributed by atoms with E-state index in [9.17, 15) is 19.5 Å². The van der Waals surface area contributed by atoms with Crippen molar-refractivity contribution in [2.45, 2.75) is 230 Å². The Kier molecular flexibility index (Phi) is 21.9. The number of carbonyl (C=O) groups is 4. The standard InChI is InChI=1S/C74H96O18Si/c1-15-43(2)60-46(5)36-37-73(91-60)41-55-39-54(90-73)35-34-45(4)59(44(3)26-25-33-53-42-81-66-61(92-93(13,14)72(9,10)11)47(6)38-56(70(78)84-55)74(53,66)79)85-58-40-57(80-12)62(48(7)82-58)89-71-65(88-69(77)52-31-23-18-24-32-52)64(87-68(76)51-29-21-17-22-30-51)63(49(8)83-71)86-67(75)50-27-19-16-20-28-50/h16-34,36-38,43-44,46-49,54-55,57-66,71,79H,15,35,39-42H2,1-14H3/b26-25+,45-34+,53-33+/t43-,44-,46-,47-,48-,49-,54+,55-,57-,58-,59-,60+,61+,62-,63-,64+,65+,66+,71-,73+,74+/m0/s1. The maximum Gasteiger partial charge on any atom is 0.338 e. The molecule has 3 aromatic carbocycles. The molecule has 18 nitrogen and oxygen atoms in total. The lowest BCUT2D eigenvalue weighted by molar-refractivity contribution is -0.338. The molecule has 21 atom stereocenters. The van der Waals surface area contributed by atoms with Gasteiger partial charge in [0, 0.05) is 44.1 Å². The molecule has 0 aromatic heterocycles. The molecule has 1 aliphatic carbocycles. The van der Waals surface area contributed by atoms with Crippen molar-refractivity contribution in [3.05, 3.63) is 167 Å². The Morgan fingerprint density at radius 1 is 0.720 bits per heavy atom. The van der Waals surface area contributed by atoms with Crippen LogP contribution in [0.2, 0.25) is 18.1 Å². The van der Waals surface area contributed by atoms with Crippen LogP contribution < -0.4 is 0 Å². The maximum absolute atomic E-state index is 15.0. The summed E-state index contributed by atoms with van der Waals surface area (Å²) in [5.74, 6) is -4.35. The quantitative estimate of drug-likeness (QED) is 0.0649. The Labute approximate surface area is 549 Å². The maximum atomic E-state index is 15.0. The highest BCUT2D eigenvalue weighted by molar-refractivity contribution is 6.74. The van der Waals surface area contributed by atoms with Crippen molar-refractivity contribution >= 4 is 32.2 Å². The van der Waals surface area contributed by atoms with Gasteiger partial charge >= 0.3 is 23.9 Å². The monoisotopic (exact) mass is 1300 g/mol. The van der Waals surface area contributed by atoms with Gasteiger partial charge in [0.1, 0.15) is 23.9 Å². The van der Waals surface area contributed by atoms with E-state index in [0.29, 0.717) is 18.4 Å². The molecule has 4 saturated heterocycles. The highest BCUT2D eigenvalue weighted by Gasteiger charge is 2.61. The summed E-state index contributed by atoms with van der Waals surface area (Å²) in [6, 6.07) is 25.0. The molecule has 1 spiro atoms. The Balaban J connectivity index is 0.958. The molecule has 504 valence electrons. The van der Waals surface area contributed by atoms with Gasteiger partial charge in [-0.05, 0) is 105 Å². The lowest BCUT2D eigenvalue weighted by atomic mass is 9.72. The van der Waals surface area contributed by atoms with Gasteiger partial charge in [0.05, 0.1) is 71.6 Å². The smallest absolute Gasteiger partial charge is 0.338 e. The molecule has 4 fully saturated rings. The summed E-state index contributed by atoms with van der Waals surface area (Å²) >= 11 is 0. The van der Waals surface area contributed by atoms with Crippen LogP contribution in [0.25, 0.3) is 0 Å². The number of allylic oxidation sites excluding steroid dienone is 2. The van der Waals surface area contributed by atoms with Crippen LogP contribution in [0.4, 0.5) is 0 Å². The third-order valence-corrected chi connectivity index (χ3v) is 24.6. The Bertz CT molecular complexity index is 3250. The zero-order valence-electron chi connectivity index (χ0n) is 56.3. The lowest BCUT2D eigenvalue weighted by Gasteiger charge is -2.48. The number of methoxy groups -OCH3 is 1. The topological polar surface area (TPSA) is 208 Å². The van der Waals surface area contributed by atoms with Crippen molar-refractivity contribution in [3.63, 3.8) is 0 Å². The molecular formula is C74H96O18Si. The number of hydrogen-bond acceptors (Lipinski definition) is 18. The Morgan fingerprint density at radius 2 is 1.31 bits per heavy atom. The van der Waals surface area contributed by atoms with Gasteiger partial charge in [0.25, 0.3) is 0 Å². The zero-order valence-corrected chi connectivity index (χ0v) is 57.3. The molecule has 10 rings (SSSR count). The van der Waals surface area contributed by atoms with Crippen molar-refractivity contribution in [1.82, 2.24) is 0 Å². The second kappa shape index (κ2) is 29.2. The molecule has 6 heterocycles. The molecule has 19 heteroatoms. The van der Waals surface area contributed by atoms with Crippen molar-refractivity contribution in [2.24, 2.45) is 23.7 Å². The summed E-state index contributed by atoms with van der Waals surface area (Å²) in [6.07, 6.45) is 2.60. The van der Waals surface area contributed by atoms with E-state index in [1.807, 2.05) is 58.1 Å². The fourth-order valence-electron chi connectivity index (χ4n) is 13.6. The molecule has 0 saturated carbocycles. The van der Waals surface area contributed by atoms with Gasteiger partial charge in [-0.15, -0.1) is 0 Å². The second-order valence-electron chi connectivity index (χ2n) is 28.0. The van der Waals surface area contributed by atoms with E-state index in [0.717, 1.165) is 12.0 Å². The fraction of sp³-hybridized carbons (Fsp3) is 0.568. The summed E-state index contributed by atoms with van der Waals surface area (Å²) in [4.78, 5) is 57.2. The van der Waals surface area contributed by atoms with Gasteiger partial charge in [-0.25, -0.2) is 19.2 Å². The summed E-state index contributed by atoms with van der Waals surface area (Å²) < 4.78 is 86.9. The van der Waals surface area contributed by atoms with E-state index in [2.05, 4.69) is 66.8 Å². The summed E-state index contributed by atoms with van der Waals surface area (Å²) in [7, 11) is -0.879. The van der Waals surface area contributed by atoms with Crippen molar-refractivity contribution in [3.8, 4) is 0 Å². The van der Waals surface area contributed by atoms with E-state index in [1.54, 1.807) is 105 Å². The fourth-order valence-corrected chi connectivity index (χ4v) is 15.0. The summed E-state index contributed by atoms with van der Waals surface area (Å²) in [5.41, 5.74) is 0.263. The van der Waals surface area contributed by atoms with Gasteiger partial charge in [-0.1, -0.05) is 153 Å². The minimum Gasteiger partial charge on any atom is -0.459 e. The Hall–Kier alpha value is -5.94. The number of ether oxygens (including phenoxy) is 12. The zero-order chi connectivity index (χ0) is 66.7. The van der Waals surface area contributed by atoms with Crippen molar-refractivity contribution < 1.29 is 85.6 Å². The molecule has 0 amide bonds. The molecule has 7 aliphatic rings. The molecule has 3 aromatic rings. The third-order valence-electron chi connectivity index (χ3n) is 20.2. The van der Waals surface area contributed by atoms with Gasteiger partial charge in [0.2, 0.25) is 0 Å². The SMILES string of the molecule is CC[C@H](C)[C@H]1O[C@]2(C=C[C@@H]1C)C[C@@H]1C[C@@H](C/C=C(\C)[C@@H](O[C@H]3C[C@H](OC)[C@@H](O[C@@H]4O[C@@H](C)[C@H](OC(=O)c5ccccc5)[C@@H](OC(=O)c5ccccc5)[C@H]4OC(=O)c4ccccc4)[C@H](C)O3)[C@@H](C)/C=C/C=C3\CO[C@@H]4[C@H](O[Si](C)(C)C(C)(C)C)[C@@H](C)C=C(C(=O)O1)[C@]34O)O2. The first-order chi connectivity index (χ1) is 44.2. The van der Waals surface area contributed by atoms with Crippen molar-refractivity contribution in [1.29, 1.82) is 0 Å². The van der Waals surface area contributed by atoms with Crippen LogP contribution in [0.5, 0.6) is 0 Å². The minimum atomic E-state index is -2.44. The highest BCUT2D eigenvalue weighted by atomic mass is 28.4. The molecule has 0 radical (unpaired) electrons. The number of hydrogen-bond donors (Lipinski definition) is 1. The number of carbonyl (C=O) groups excluding carboxylic acids is 4. The van der Waals surface area contributed by atoms with Crippen LogP contribution in [0, 0.1) is 23.7 Å². The molecule has 2 bridgehead atoms. The van der Waals surface area contributed by atoms with Gasteiger partial charge in [0.15, 0.2) is 45.0 Å². The summed E-state index contributed by atoms with van der Waals surface area (Å²) in [5, 5.41) is 13.2. The highest BCUT2D eigenvalue weighted by Crippen LogP contribution is 2.50. The number of benzene rings is 3. The van der Waals surface area contributed by atoms with Crippen molar-refractivity contribution in [2.75, 3.05) is 13.7 Å². The first-order valence-corrected chi connectivity index (χ1v) is 36.1. The molecule has 0 unspecified atom stereocenters. The number of rotatable bonds is 15. The molecule has 6 aliphatic heterocycles. The molecular weight excluding hydrogens is 1200 g/mol. The number of esters is 4. The first kappa shape index (κ1) is 69.9. The largest absolute Gasteiger partial charge is 0.459 e. The van der Waals surface area contributed by atoms with Crippen LogP contribution in [-0.4, -0.2) is 154 Å². The predicted molar refractivity (Wildman–Crippen MR) is 349 cm³/mol. The van der Waals surface area contributed by atoms with Gasteiger partial charge in [-0.2, -0.15) is 0 Å².